The molecule has 3 fully saturated rings. The third-order valence-corrected chi connectivity index (χ3v) is 6.91. The summed E-state index contributed by atoms with van der Waals surface area (Å²) in [5.74, 6) is 2.47. The van der Waals surface area contributed by atoms with Crippen LogP contribution < -0.4 is 15.4 Å². The molecule has 1 spiro atoms. The maximum atomic E-state index is 12.4. The van der Waals surface area contributed by atoms with Crippen LogP contribution in [0, 0.1) is 11.8 Å². The molecule has 138 valence electrons. The molecule has 5 nitrogen and oxygen atoms in total. The van der Waals surface area contributed by atoms with Gasteiger partial charge in [-0.3, -0.25) is 4.99 Å². The van der Waals surface area contributed by atoms with E-state index in [-0.39, 0.29) is 11.3 Å². The Morgan fingerprint density at radius 2 is 2.12 bits per heavy atom. The molecule has 2 N–H and O–H groups in total. The smallest absolute Gasteiger partial charge is 0.387 e. The minimum absolute atomic E-state index is 0.123. The van der Waals surface area contributed by atoms with Crippen LogP contribution in [-0.2, 0) is 0 Å². The van der Waals surface area contributed by atoms with Gasteiger partial charge in [0, 0.05) is 0 Å². The number of aliphatic imine (C=N–C) groups is 1. The van der Waals surface area contributed by atoms with Crippen LogP contribution in [0.3, 0.4) is 0 Å². The van der Waals surface area contributed by atoms with Crippen molar-refractivity contribution in [2.45, 2.75) is 44.3 Å². The van der Waals surface area contributed by atoms with E-state index < -0.39 is 6.61 Å². The highest BCUT2D eigenvalue weighted by atomic mass is 32.1. The summed E-state index contributed by atoms with van der Waals surface area (Å²) < 4.78 is 30.0. The first kappa shape index (κ1) is 16.2. The molecule has 1 atom stereocenters. The molecule has 0 radical (unpaired) electrons. The molecule has 3 aliphatic carbocycles. The SMILES string of the molecule is FC(F)Oc1ccc2nc(NC3=NC[C@]4(CC5CCC4CC5)N3)sc2c1. The second kappa shape index (κ2) is 6.04. The van der Waals surface area contributed by atoms with E-state index in [2.05, 4.69) is 20.4 Å². The molecular formula is C18H20F2N4OS. The third-order valence-electron chi connectivity index (χ3n) is 5.98. The van der Waals surface area contributed by atoms with Crippen molar-refractivity contribution in [1.29, 1.82) is 0 Å². The van der Waals surface area contributed by atoms with E-state index in [1.165, 1.54) is 49.5 Å². The molecule has 0 unspecified atom stereocenters. The van der Waals surface area contributed by atoms with Gasteiger partial charge in [0.15, 0.2) is 11.1 Å². The maximum absolute atomic E-state index is 12.4. The predicted octanol–water partition coefficient (Wildman–Crippen LogP) is 4.22. The van der Waals surface area contributed by atoms with Gasteiger partial charge in [-0.2, -0.15) is 8.78 Å². The van der Waals surface area contributed by atoms with Crippen molar-refractivity contribution in [1.82, 2.24) is 10.3 Å². The van der Waals surface area contributed by atoms with Gasteiger partial charge >= 0.3 is 6.61 Å². The third kappa shape index (κ3) is 2.80. The van der Waals surface area contributed by atoms with Crippen molar-refractivity contribution >= 4 is 32.6 Å². The zero-order valence-electron chi connectivity index (χ0n) is 14.2. The van der Waals surface area contributed by atoms with Crippen LogP contribution in [-0.4, -0.2) is 29.6 Å². The summed E-state index contributed by atoms with van der Waals surface area (Å²) in [5.41, 5.74) is 0.877. The number of halogens is 2. The standard InChI is InChI=1S/C18H20F2N4OS/c19-15(20)25-12-5-6-13-14(7-12)26-17(22-13)23-16-21-9-18(24-16)8-10-1-3-11(18)4-2-10/h5-7,10-11,15H,1-4,8-9H2,(H2,21,22,23,24)/t10?,11?,18-/m0/s1. The Kier molecular flexibility index (Phi) is 3.77. The number of rotatable bonds is 3. The summed E-state index contributed by atoms with van der Waals surface area (Å²) in [4.78, 5) is 9.21. The second-order valence-corrected chi connectivity index (χ2v) is 8.55. The molecule has 1 aromatic heterocycles. The molecule has 3 saturated carbocycles. The zero-order chi connectivity index (χ0) is 17.7. The van der Waals surface area contributed by atoms with Gasteiger partial charge in [0.25, 0.3) is 0 Å². The van der Waals surface area contributed by atoms with Crippen LogP contribution in [0.4, 0.5) is 13.9 Å². The Balaban J connectivity index is 1.31. The molecule has 0 amide bonds. The highest BCUT2D eigenvalue weighted by Crippen LogP contribution is 2.48. The zero-order valence-corrected chi connectivity index (χ0v) is 15.0. The first-order valence-corrected chi connectivity index (χ1v) is 9.86. The topological polar surface area (TPSA) is 58.5 Å². The fourth-order valence-corrected chi connectivity index (χ4v) is 5.68. The molecule has 0 saturated heterocycles. The lowest BCUT2D eigenvalue weighted by Gasteiger charge is -2.49. The molecule has 4 aliphatic rings. The number of guanidine groups is 1. The van der Waals surface area contributed by atoms with Crippen molar-refractivity contribution in [2.24, 2.45) is 16.8 Å². The van der Waals surface area contributed by atoms with Gasteiger partial charge in [-0.1, -0.05) is 24.2 Å². The number of nitrogens with zero attached hydrogens (tertiary/aromatic N) is 2. The van der Waals surface area contributed by atoms with Gasteiger partial charge in [0.1, 0.15) is 5.75 Å². The number of anilines is 1. The van der Waals surface area contributed by atoms with Crippen LogP contribution in [0.5, 0.6) is 5.75 Å². The Morgan fingerprint density at radius 1 is 1.27 bits per heavy atom. The summed E-state index contributed by atoms with van der Waals surface area (Å²) in [6.45, 7) is -2.00. The second-order valence-electron chi connectivity index (χ2n) is 7.52. The van der Waals surface area contributed by atoms with Crippen molar-refractivity contribution < 1.29 is 13.5 Å². The Bertz CT molecular complexity index is 862. The molecule has 1 aromatic carbocycles. The molecule has 8 heteroatoms. The molecule has 1 aliphatic heterocycles. The van der Waals surface area contributed by atoms with Crippen molar-refractivity contribution in [3.05, 3.63) is 18.2 Å². The number of hydrogen-bond donors (Lipinski definition) is 2. The van der Waals surface area contributed by atoms with Crippen molar-refractivity contribution in [3.63, 3.8) is 0 Å². The van der Waals surface area contributed by atoms with Crippen LogP contribution in [0.25, 0.3) is 10.2 Å². The van der Waals surface area contributed by atoms with Gasteiger partial charge in [-0.05, 0) is 49.3 Å². The first-order valence-electron chi connectivity index (χ1n) is 9.05. The van der Waals surface area contributed by atoms with Gasteiger partial charge in [0.05, 0.1) is 22.3 Å². The van der Waals surface area contributed by atoms with Crippen molar-refractivity contribution in [2.75, 3.05) is 11.9 Å². The van der Waals surface area contributed by atoms with Gasteiger partial charge < -0.3 is 15.4 Å². The van der Waals surface area contributed by atoms with Crippen LogP contribution in [0.1, 0.15) is 32.1 Å². The summed E-state index contributed by atoms with van der Waals surface area (Å²) in [6.07, 6.45) is 6.53. The molecule has 2 aromatic rings. The van der Waals surface area contributed by atoms with Gasteiger partial charge in [0.2, 0.25) is 0 Å². The number of nitrogens with one attached hydrogen (secondary N) is 2. The average Bonchev–Trinajstić information content (AvgIpc) is 3.19. The molecular weight excluding hydrogens is 358 g/mol. The van der Waals surface area contributed by atoms with Crippen LogP contribution >= 0.6 is 11.3 Å². The average molecular weight is 378 g/mol. The minimum Gasteiger partial charge on any atom is -0.435 e. The summed E-state index contributed by atoms with van der Waals surface area (Å²) >= 11 is 1.41. The lowest BCUT2D eigenvalue weighted by molar-refractivity contribution is -0.0497. The highest BCUT2D eigenvalue weighted by molar-refractivity contribution is 7.22. The number of fused-ring (bicyclic) bond motifs is 3. The van der Waals surface area contributed by atoms with Gasteiger partial charge in [-0.25, -0.2) is 4.98 Å². The number of thiazole rings is 1. The van der Waals surface area contributed by atoms with E-state index in [0.717, 1.165) is 28.6 Å². The number of hydrogen-bond acceptors (Lipinski definition) is 6. The summed E-state index contributed by atoms with van der Waals surface area (Å²) in [5, 5.41) is 7.64. The number of benzene rings is 1. The first-order chi connectivity index (χ1) is 12.6. The number of ether oxygens (including phenoxy) is 1. The fraction of sp³-hybridized carbons (Fsp3) is 0.556. The fourth-order valence-electron chi connectivity index (χ4n) is 4.79. The Morgan fingerprint density at radius 3 is 2.85 bits per heavy atom. The number of alkyl halides is 2. The summed E-state index contributed by atoms with van der Waals surface area (Å²) in [7, 11) is 0. The number of aromatic nitrogens is 1. The monoisotopic (exact) mass is 378 g/mol. The van der Waals surface area contributed by atoms with E-state index in [9.17, 15) is 8.78 Å². The van der Waals surface area contributed by atoms with Crippen molar-refractivity contribution in [3.8, 4) is 5.75 Å². The van der Waals surface area contributed by atoms with E-state index in [0.29, 0.717) is 11.0 Å². The van der Waals surface area contributed by atoms with Crippen LogP contribution in [0.2, 0.25) is 0 Å². The lowest BCUT2D eigenvalue weighted by Crippen LogP contribution is -2.58. The maximum Gasteiger partial charge on any atom is 0.387 e. The quantitative estimate of drug-likeness (QED) is 0.840. The van der Waals surface area contributed by atoms with Crippen LogP contribution in [0.15, 0.2) is 23.2 Å². The largest absolute Gasteiger partial charge is 0.435 e. The van der Waals surface area contributed by atoms with Gasteiger partial charge in [-0.15, -0.1) is 0 Å². The molecule has 2 bridgehead atoms. The molecule has 2 heterocycles. The summed E-state index contributed by atoms with van der Waals surface area (Å²) in [6, 6.07) is 4.80. The minimum atomic E-state index is -2.82. The molecule has 26 heavy (non-hydrogen) atoms. The highest BCUT2D eigenvalue weighted by Gasteiger charge is 2.49. The van der Waals surface area contributed by atoms with E-state index in [1.54, 1.807) is 12.1 Å². The van der Waals surface area contributed by atoms with E-state index in [1.807, 2.05) is 0 Å². The predicted molar refractivity (Wildman–Crippen MR) is 98.1 cm³/mol. The van der Waals surface area contributed by atoms with E-state index in [4.69, 9.17) is 4.99 Å². The lowest BCUT2D eigenvalue weighted by atomic mass is 9.60. The Hall–Kier alpha value is -1.96. The normalized spacial score (nSPS) is 30.0. The molecule has 6 rings (SSSR count). The van der Waals surface area contributed by atoms with E-state index >= 15 is 0 Å². The Labute approximate surface area is 153 Å².